The Balaban J connectivity index is 1.91. The van der Waals surface area contributed by atoms with Crippen LogP contribution in [-0.4, -0.2) is 22.4 Å². The van der Waals surface area contributed by atoms with E-state index in [-0.39, 0.29) is 11.3 Å². The maximum atomic E-state index is 12.1. The van der Waals surface area contributed by atoms with Crippen molar-refractivity contribution in [2.24, 2.45) is 11.1 Å². The molecule has 1 aliphatic carbocycles. The van der Waals surface area contributed by atoms with Crippen molar-refractivity contribution in [1.29, 1.82) is 0 Å². The summed E-state index contributed by atoms with van der Waals surface area (Å²) in [5.74, 6) is 0.0853. The number of amides is 1. The lowest BCUT2D eigenvalue weighted by Crippen LogP contribution is -2.43. The smallest absolute Gasteiger partial charge is 0.227 e. The average molecular weight is 222 g/mol. The lowest BCUT2D eigenvalue weighted by atomic mass is 9.85. The number of imidazole rings is 1. The Morgan fingerprint density at radius 3 is 2.88 bits per heavy atom. The quantitative estimate of drug-likeness (QED) is 0.695. The summed E-state index contributed by atoms with van der Waals surface area (Å²) in [6.07, 6.45) is 7.36. The molecule has 0 radical (unpaired) electrons. The van der Waals surface area contributed by atoms with E-state index in [1.807, 2.05) is 0 Å². The Morgan fingerprint density at radius 2 is 2.31 bits per heavy atom. The van der Waals surface area contributed by atoms with E-state index in [1.54, 1.807) is 12.5 Å². The molecule has 0 saturated heterocycles. The Hall–Kier alpha value is -1.36. The number of hydrogen-bond acceptors (Lipinski definition) is 3. The second kappa shape index (κ2) is 4.65. The van der Waals surface area contributed by atoms with Gasteiger partial charge in [0, 0.05) is 12.7 Å². The summed E-state index contributed by atoms with van der Waals surface area (Å²) in [4.78, 5) is 18.9. The van der Waals surface area contributed by atoms with Gasteiger partial charge in [0.2, 0.25) is 5.91 Å². The highest BCUT2D eigenvalue weighted by Gasteiger charge is 2.39. The summed E-state index contributed by atoms with van der Waals surface area (Å²) in [6, 6.07) is 0. The zero-order valence-electron chi connectivity index (χ0n) is 9.33. The highest BCUT2D eigenvalue weighted by Crippen LogP contribution is 2.37. The van der Waals surface area contributed by atoms with E-state index in [2.05, 4.69) is 15.3 Å². The molecule has 0 atom stereocenters. The molecule has 5 nitrogen and oxygen atoms in total. The van der Waals surface area contributed by atoms with Crippen molar-refractivity contribution in [3.63, 3.8) is 0 Å². The van der Waals surface area contributed by atoms with Gasteiger partial charge in [0.25, 0.3) is 0 Å². The summed E-state index contributed by atoms with van der Waals surface area (Å²) >= 11 is 0. The average Bonchev–Trinajstić information content (AvgIpc) is 2.97. The van der Waals surface area contributed by atoms with Gasteiger partial charge >= 0.3 is 0 Å². The van der Waals surface area contributed by atoms with Crippen LogP contribution in [0, 0.1) is 5.41 Å². The minimum Gasteiger partial charge on any atom is -0.350 e. The third-order valence-electron chi connectivity index (χ3n) is 3.43. The van der Waals surface area contributed by atoms with Crippen LogP contribution >= 0.6 is 0 Å². The fourth-order valence-corrected chi connectivity index (χ4v) is 2.32. The monoisotopic (exact) mass is 222 g/mol. The van der Waals surface area contributed by atoms with Gasteiger partial charge in [-0.2, -0.15) is 0 Å². The van der Waals surface area contributed by atoms with Crippen molar-refractivity contribution in [3.8, 4) is 0 Å². The van der Waals surface area contributed by atoms with Gasteiger partial charge < -0.3 is 16.0 Å². The first kappa shape index (κ1) is 11.1. The van der Waals surface area contributed by atoms with Crippen molar-refractivity contribution in [2.45, 2.75) is 32.2 Å². The summed E-state index contributed by atoms with van der Waals surface area (Å²) in [7, 11) is 0. The zero-order chi connectivity index (χ0) is 11.4. The van der Waals surface area contributed by atoms with Crippen molar-refractivity contribution in [3.05, 3.63) is 18.2 Å². The molecule has 1 heterocycles. The number of nitrogens with two attached hydrogens (primary N) is 1. The molecule has 0 aromatic carbocycles. The Bertz CT molecular complexity index is 341. The van der Waals surface area contributed by atoms with Gasteiger partial charge in [-0.15, -0.1) is 0 Å². The molecular weight excluding hydrogens is 204 g/mol. The molecule has 1 aliphatic rings. The molecule has 1 saturated carbocycles. The number of carbonyl (C=O) groups is 1. The Morgan fingerprint density at radius 1 is 1.56 bits per heavy atom. The zero-order valence-corrected chi connectivity index (χ0v) is 9.33. The van der Waals surface area contributed by atoms with Crippen molar-refractivity contribution < 1.29 is 4.79 Å². The van der Waals surface area contributed by atoms with Gasteiger partial charge in [0.1, 0.15) is 0 Å². The van der Waals surface area contributed by atoms with Gasteiger partial charge in [0.15, 0.2) is 0 Å². The van der Waals surface area contributed by atoms with Gasteiger partial charge in [-0.25, -0.2) is 4.98 Å². The minimum absolute atomic E-state index is 0.0853. The van der Waals surface area contributed by atoms with Gasteiger partial charge in [-0.3, -0.25) is 4.79 Å². The second-order valence-corrected chi connectivity index (χ2v) is 4.45. The summed E-state index contributed by atoms with van der Waals surface area (Å²) in [5.41, 5.74) is 6.33. The fraction of sp³-hybridized carbons (Fsp3) is 0.636. The largest absolute Gasteiger partial charge is 0.350 e. The van der Waals surface area contributed by atoms with E-state index in [1.165, 1.54) is 0 Å². The number of aromatic nitrogens is 2. The van der Waals surface area contributed by atoms with Crippen molar-refractivity contribution >= 4 is 5.91 Å². The number of rotatable bonds is 4. The van der Waals surface area contributed by atoms with Crippen LogP contribution in [0.15, 0.2) is 12.5 Å². The predicted octanol–water partition coefficient (Wildman–Crippen LogP) is 0.545. The van der Waals surface area contributed by atoms with Gasteiger partial charge in [-0.05, 0) is 12.8 Å². The fourth-order valence-electron chi connectivity index (χ4n) is 2.32. The molecule has 0 spiro atoms. The molecular formula is C11H18N4O. The molecule has 1 aromatic rings. The summed E-state index contributed by atoms with van der Waals surface area (Å²) in [6.45, 7) is 0.947. The maximum absolute atomic E-state index is 12.1. The Labute approximate surface area is 94.8 Å². The molecule has 16 heavy (non-hydrogen) atoms. The number of aromatic amines is 1. The number of carbonyl (C=O) groups excluding carboxylic acids is 1. The van der Waals surface area contributed by atoms with Crippen molar-refractivity contribution in [2.75, 3.05) is 6.54 Å². The van der Waals surface area contributed by atoms with Crippen LogP contribution in [0.3, 0.4) is 0 Å². The molecule has 4 N–H and O–H groups in total. The normalized spacial score (nSPS) is 18.6. The minimum atomic E-state index is -0.319. The molecule has 1 amide bonds. The van der Waals surface area contributed by atoms with Crippen LogP contribution in [0.25, 0.3) is 0 Å². The topological polar surface area (TPSA) is 83.8 Å². The number of hydrogen-bond donors (Lipinski definition) is 3. The van der Waals surface area contributed by atoms with E-state index in [4.69, 9.17) is 5.73 Å². The third-order valence-corrected chi connectivity index (χ3v) is 3.43. The lowest BCUT2D eigenvalue weighted by molar-refractivity contribution is -0.130. The lowest BCUT2D eigenvalue weighted by Gasteiger charge is -2.25. The van der Waals surface area contributed by atoms with E-state index < -0.39 is 0 Å². The van der Waals surface area contributed by atoms with Crippen LogP contribution in [0.2, 0.25) is 0 Å². The first-order chi connectivity index (χ1) is 7.77. The first-order valence-electron chi connectivity index (χ1n) is 5.72. The Kier molecular flexibility index (Phi) is 3.24. The first-order valence-corrected chi connectivity index (χ1v) is 5.72. The SMILES string of the molecule is NCC1(C(=O)NCc2cnc[nH]2)CCCC1. The van der Waals surface area contributed by atoms with Gasteiger partial charge in [-0.1, -0.05) is 12.8 Å². The van der Waals surface area contributed by atoms with E-state index >= 15 is 0 Å². The molecule has 1 aromatic heterocycles. The number of H-pyrrole nitrogens is 1. The summed E-state index contributed by atoms with van der Waals surface area (Å²) < 4.78 is 0. The molecule has 5 heteroatoms. The van der Waals surface area contributed by atoms with Gasteiger partial charge in [0.05, 0.1) is 24.0 Å². The number of nitrogens with one attached hydrogen (secondary N) is 2. The third kappa shape index (κ3) is 2.09. The predicted molar refractivity (Wildman–Crippen MR) is 60.4 cm³/mol. The number of nitrogens with zero attached hydrogens (tertiary/aromatic N) is 1. The highest BCUT2D eigenvalue weighted by molar-refractivity contribution is 5.83. The van der Waals surface area contributed by atoms with Crippen LogP contribution in [-0.2, 0) is 11.3 Å². The molecule has 2 rings (SSSR count). The van der Waals surface area contributed by atoms with Crippen LogP contribution in [0.5, 0.6) is 0 Å². The van der Waals surface area contributed by atoms with E-state index in [0.717, 1.165) is 31.4 Å². The highest BCUT2D eigenvalue weighted by atomic mass is 16.2. The van der Waals surface area contributed by atoms with E-state index in [9.17, 15) is 4.79 Å². The summed E-state index contributed by atoms with van der Waals surface area (Å²) in [5, 5.41) is 2.93. The maximum Gasteiger partial charge on any atom is 0.227 e. The van der Waals surface area contributed by atoms with E-state index in [0.29, 0.717) is 13.1 Å². The van der Waals surface area contributed by atoms with Crippen LogP contribution in [0.1, 0.15) is 31.4 Å². The molecule has 1 fully saturated rings. The van der Waals surface area contributed by atoms with Crippen LogP contribution < -0.4 is 11.1 Å². The molecule has 0 unspecified atom stereocenters. The standard InChI is InChI=1S/C11H18N4O/c12-7-11(3-1-2-4-11)10(16)14-6-9-5-13-8-15-9/h5,8H,1-4,6-7,12H2,(H,13,15)(H,14,16). The molecule has 0 aliphatic heterocycles. The van der Waals surface area contributed by atoms with Crippen molar-refractivity contribution in [1.82, 2.24) is 15.3 Å². The molecule has 0 bridgehead atoms. The second-order valence-electron chi connectivity index (χ2n) is 4.45. The van der Waals surface area contributed by atoms with Crippen LogP contribution in [0.4, 0.5) is 0 Å². The molecule has 88 valence electrons.